The third-order valence-electron chi connectivity index (χ3n) is 3.27. The molecule has 0 atom stereocenters. The number of nitrogens with zero attached hydrogens (tertiary/aromatic N) is 3. The summed E-state index contributed by atoms with van der Waals surface area (Å²) in [7, 11) is 0. The van der Waals surface area contributed by atoms with Gasteiger partial charge in [0.15, 0.2) is 5.69 Å². The van der Waals surface area contributed by atoms with Crippen LogP contribution in [0.5, 0.6) is 0 Å². The molecule has 0 aliphatic heterocycles. The van der Waals surface area contributed by atoms with Crippen LogP contribution in [0, 0.1) is 0 Å². The topological polar surface area (TPSA) is 108 Å². The van der Waals surface area contributed by atoms with Crippen LogP contribution in [0.15, 0.2) is 29.5 Å². The van der Waals surface area contributed by atoms with Gasteiger partial charge in [-0.3, -0.25) is 9.59 Å². The molecule has 0 fully saturated rings. The highest BCUT2D eigenvalue weighted by molar-refractivity contribution is 5.93. The Labute approximate surface area is 125 Å². The normalized spacial score (nSPS) is 11.2. The van der Waals surface area contributed by atoms with Crippen LogP contribution in [0.2, 0.25) is 0 Å². The highest BCUT2D eigenvalue weighted by atomic mass is 16.2. The van der Waals surface area contributed by atoms with E-state index in [1.807, 2.05) is 13.8 Å². The first-order valence-electron chi connectivity index (χ1n) is 6.93. The van der Waals surface area contributed by atoms with E-state index in [9.17, 15) is 9.59 Å². The van der Waals surface area contributed by atoms with E-state index in [-0.39, 0.29) is 17.2 Å². The Morgan fingerprint density at radius 2 is 2.27 bits per heavy atom. The number of carbonyl (C=O) groups is 1. The second-order valence-electron chi connectivity index (χ2n) is 5.28. The van der Waals surface area contributed by atoms with Crippen molar-refractivity contribution in [1.82, 2.24) is 29.9 Å². The van der Waals surface area contributed by atoms with Gasteiger partial charge in [-0.1, -0.05) is 13.8 Å². The van der Waals surface area contributed by atoms with Crippen molar-refractivity contribution < 1.29 is 4.79 Å². The fourth-order valence-corrected chi connectivity index (χ4v) is 2.07. The standard InChI is InChI=1S/C14H16N6O2/c1-8(2)12-16-6-9(18-12)7-17-13(21)10-5-11-14(22)15-3-4-20(11)19-10/h3-6,8H,7H2,1-2H3,(H,15,22)(H,16,18)(H,17,21). The number of carbonyl (C=O) groups excluding carboxylic acids is 1. The first-order chi connectivity index (χ1) is 10.5. The average molecular weight is 300 g/mol. The van der Waals surface area contributed by atoms with E-state index in [0.29, 0.717) is 18.0 Å². The lowest BCUT2D eigenvalue weighted by Gasteiger charge is -2.01. The molecule has 0 saturated carbocycles. The van der Waals surface area contributed by atoms with Gasteiger partial charge in [-0.05, 0) is 0 Å². The van der Waals surface area contributed by atoms with Crippen molar-refractivity contribution in [3.05, 3.63) is 52.2 Å². The molecule has 3 rings (SSSR count). The summed E-state index contributed by atoms with van der Waals surface area (Å²) in [5, 5.41) is 6.83. The molecule has 3 aromatic rings. The predicted molar refractivity (Wildman–Crippen MR) is 79.7 cm³/mol. The number of hydrogen-bond donors (Lipinski definition) is 3. The summed E-state index contributed by atoms with van der Waals surface area (Å²) in [6.07, 6.45) is 4.75. The van der Waals surface area contributed by atoms with Gasteiger partial charge < -0.3 is 15.3 Å². The molecule has 0 radical (unpaired) electrons. The predicted octanol–water partition coefficient (Wildman–Crippen LogP) is 0.799. The number of aromatic nitrogens is 5. The Morgan fingerprint density at radius 3 is 2.95 bits per heavy atom. The Hall–Kier alpha value is -2.90. The number of fused-ring (bicyclic) bond motifs is 1. The largest absolute Gasteiger partial charge is 0.345 e. The SMILES string of the molecule is CC(C)c1ncc(CNC(=O)c2cc3c(=O)[nH]ccn3n2)[nH]1. The number of hydrogen-bond acceptors (Lipinski definition) is 4. The van der Waals surface area contributed by atoms with Crippen molar-refractivity contribution in [1.29, 1.82) is 0 Å². The fourth-order valence-electron chi connectivity index (χ4n) is 2.07. The number of imidazole rings is 1. The van der Waals surface area contributed by atoms with Crippen LogP contribution < -0.4 is 10.9 Å². The van der Waals surface area contributed by atoms with Crippen LogP contribution >= 0.6 is 0 Å². The molecule has 0 unspecified atom stereocenters. The lowest BCUT2D eigenvalue weighted by Crippen LogP contribution is -2.23. The lowest BCUT2D eigenvalue weighted by molar-refractivity contribution is 0.0945. The highest BCUT2D eigenvalue weighted by Crippen LogP contribution is 2.09. The van der Waals surface area contributed by atoms with Crippen LogP contribution in [-0.2, 0) is 6.54 Å². The number of H-pyrrole nitrogens is 2. The zero-order valence-corrected chi connectivity index (χ0v) is 12.3. The molecule has 0 aliphatic rings. The summed E-state index contributed by atoms with van der Waals surface area (Å²) < 4.78 is 1.38. The second-order valence-corrected chi connectivity index (χ2v) is 5.28. The molecule has 1 amide bonds. The van der Waals surface area contributed by atoms with Crippen LogP contribution in [0.3, 0.4) is 0 Å². The van der Waals surface area contributed by atoms with Crippen LogP contribution in [0.4, 0.5) is 0 Å². The molecule has 8 nitrogen and oxygen atoms in total. The molecule has 0 aliphatic carbocycles. The van der Waals surface area contributed by atoms with Gasteiger partial charge in [0.25, 0.3) is 11.5 Å². The van der Waals surface area contributed by atoms with Gasteiger partial charge in [0.05, 0.1) is 18.4 Å². The number of rotatable bonds is 4. The van der Waals surface area contributed by atoms with E-state index in [1.54, 1.807) is 12.4 Å². The third kappa shape index (κ3) is 2.62. The van der Waals surface area contributed by atoms with Crippen LogP contribution in [0.1, 0.15) is 41.8 Å². The van der Waals surface area contributed by atoms with E-state index in [1.165, 1.54) is 16.8 Å². The van der Waals surface area contributed by atoms with Crippen molar-refractivity contribution in [2.45, 2.75) is 26.3 Å². The van der Waals surface area contributed by atoms with Gasteiger partial charge in [0, 0.05) is 24.4 Å². The monoisotopic (exact) mass is 300 g/mol. The van der Waals surface area contributed by atoms with E-state index in [0.717, 1.165) is 11.5 Å². The average Bonchev–Trinajstić information content (AvgIpc) is 3.12. The minimum Gasteiger partial charge on any atom is -0.345 e. The van der Waals surface area contributed by atoms with E-state index >= 15 is 0 Å². The van der Waals surface area contributed by atoms with Gasteiger partial charge in [0.2, 0.25) is 0 Å². The number of amides is 1. The summed E-state index contributed by atoms with van der Waals surface area (Å²) >= 11 is 0. The van der Waals surface area contributed by atoms with Crippen molar-refractivity contribution >= 4 is 11.4 Å². The Kier molecular flexibility index (Phi) is 3.50. The molecule has 22 heavy (non-hydrogen) atoms. The number of aromatic amines is 2. The van der Waals surface area contributed by atoms with E-state index < -0.39 is 0 Å². The van der Waals surface area contributed by atoms with Gasteiger partial charge in [-0.15, -0.1) is 0 Å². The zero-order valence-electron chi connectivity index (χ0n) is 12.3. The molecule has 3 N–H and O–H groups in total. The second kappa shape index (κ2) is 5.47. The van der Waals surface area contributed by atoms with Gasteiger partial charge in [0.1, 0.15) is 11.3 Å². The molecule has 3 heterocycles. The minimum atomic E-state index is -0.344. The smallest absolute Gasteiger partial charge is 0.273 e. The van der Waals surface area contributed by atoms with Crippen molar-refractivity contribution in [3.8, 4) is 0 Å². The third-order valence-corrected chi connectivity index (χ3v) is 3.27. The highest BCUT2D eigenvalue weighted by Gasteiger charge is 2.13. The van der Waals surface area contributed by atoms with Crippen molar-refractivity contribution in [3.63, 3.8) is 0 Å². The fraction of sp³-hybridized carbons (Fsp3) is 0.286. The van der Waals surface area contributed by atoms with E-state index in [2.05, 4.69) is 25.4 Å². The molecule has 0 bridgehead atoms. The summed E-state index contributed by atoms with van der Waals surface area (Å²) in [4.78, 5) is 33.6. The minimum absolute atomic E-state index is 0.195. The maximum atomic E-state index is 12.1. The molecule has 3 aromatic heterocycles. The molecular weight excluding hydrogens is 284 g/mol. The lowest BCUT2D eigenvalue weighted by atomic mass is 10.2. The maximum absolute atomic E-state index is 12.1. The molecule has 0 aromatic carbocycles. The first-order valence-corrected chi connectivity index (χ1v) is 6.93. The summed E-state index contributed by atoms with van der Waals surface area (Å²) in [6, 6.07) is 1.46. The molecule has 114 valence electrons. The Balaban J connectivity index is 1.73. The molecule has 0 spiro atoms. The first kappa shape index (κ1) is 14.1. The molecular formula is C14H16N6O2. The molecule has 8 heteroatoms. The van der Waals surface area contributed by atoms with Crippen LogP contribution in [0.25, 0.3) is 5.52 Å². The van der Waals surface area contributed by atoms with Gasteiger partial charge in [-0.2, -0.15) is 5.10 Å². The maximum Gasteiger partial charge on any atom is 0.273 e. The molecule has 0 saturated heterocycles. The Morgan fingerprint density at radius 1 is 1.45 bits per heavy atom. The summed E-state index contributed by atoms with van der Waals surface area (Å²) in [6.45, 7) is 4.40. The Bertz CT molecular complexity index is 873. The van der Waals surface area contributed by atoms with Gasteiger partial charge >= 0.3 is 0 Å². The summed E-state index contributed by atoms with van der Waals surface area (Å²) in [5.41, 5.74) is 1.06. The van der Waals surface area contributed by atoms with Crippen molar-refractivity contribution in [2.24, 2.45) is 0 Å². The van der Waals surface area contributed by atoms with Crippen molar-refractivity contribution in [2.75, 3.05) is 0 Å². The summed E-state index contributed by atoms with van der Waals surface area (Å²) in [5.74, 6) is 0.835. The van der Waals surface area contributed by atoms with E-state index in [4.69, 9.17) is 0 Å². The van der Waals surface area contributed by atoms with Crippen LogP contribution in [-0.4, -0.2) is 30.5 Å². The quantitative estimate of drug-likeness (QED) is 0.662. The van der Waals surface area contributed by atoms with Gasteiger partial charge in [-0.25, -0.2) is 9.50 Å². The number of nitrogens with one attached hydrogen (secondary N) is 3. The zero-order chi connectivity index (χ0) is 15.7.